The van der Waals surface area contributed by atoms with E-state index < -0.39 is 0 Å². The maximum absolute atomic E-state index is 12.9. The Morgan fingerprint density at radius 3 is 2.88 bits per heavy atom. The second-order valence-electron chi connectivity index (χ2n) is 6.62. The predicted octanol–water partition coefficient (Wildman–Crippen LogP) is 1.99. The summed E-state index contributed by atoms with van der Waals surface area (Å²) in [7, 11) is 0. The van der Waals surface area contributed by atoms with Crippen molar-refractivity contribution in [3.8, 4) is 0 Å². The third-order valence-electron chi connectivity index (χ3n) is 5.00. The average molecular weight is 332 g/mol. The topological polar surface area (TPSA) is 70.8 Å². The Morgan fingerprint density at radius 1 is 1.33 bits per heavy atom. The second kappa shape index (κ2) is 7.20. The lowest BCUT2D eigenvalue weighted by atomic mass is 9.95. The highest BCUT2D eigenvalue weighted by molar-refractivity contribution is 5.93. The third kappa shape index (κ3) is 3.37. The quantitative estimate of drug-likeness (QED) is 0.827. The maximum Gasteiger partial charge on any atom is 0.228 e. The van der Waals surface area contributed by atoms with Crippen molar-refractivity contribution in [2.45, 2.75) is 51.6 Å². The number of hydrogen-bond acceptors (Lipinski definition) is 4. The number of carbonyl (C=O) groups is 3. The first-order valence-corrected chi connectivity index (χ1v) is 8.73. The number of furan rings is 1. The van der Waals surface area contributed by atoms with Crippen LogP contribution in [-0.2, 0) is 20.9 Å². The Kier molecular flexibility index (Phi) is 5.02. The molecule has 2 fully saturated rings. The van der Waals surface area contributed by atoms with E-state index in [9.17, 15) is 14.4 Å². The average Bonchev–Trinajstić information content (AvgIpc) is 3.24. The molecule has 0 N–H and O–H groups in total. The fraction of sp³-hybridized carbons (Fsp3) is 0.611. The van der Waals surface area contributed by atoms with Gasteiger partial charge in [0.05, 0.1) is 24.8 Å². The Balaban J connectivity index is 1.66. The summed E-state index contributed by atoms with van der Waals surface area (Å²) < 4.78 is 5.28. The van der Waals surface area contributed by atoms with Gasteiger partial charge in [-0.05, 0) is 31.4 Å². The molecule has 0 aromatic carbocycles. The Labute approximate surface area is 141 Å². The van der Waals surface area contributed by atoms with Crippen molar-refractivity contribution in [1.29, 1.82) is 0 Å². The molecule has 0 bridgehead atoms. The summed E-state index contributed by atoms with van der Waals surface area (Å²) in [6.07, 6.45) is 4.90. The predicted molar refractivity (Wildman–Crippen MR) is 86.9 cm³/mol. The van der Waals surface area contributed by atoms with Gasteiger partial charge in [0.15, 0.2) is 5.78 Å². The Hall–Kier alpha value is -2.11. The van der Waals surface area contributed by atoms with Crippen molar-refractivity contribution < 1.29 is 18.8 Å². The van der Waals surface area contributed by atoms with Crippen LogP contribution in [0.1, 0.15) is 44.8 Å². The third-order valence-corrected chi connectivity index (χ3v) is 5.00. The Morgan fingerprint density at radius 2 is 2.17 bits per heavy atom. The number of Topliss-reactive ketones (excluding diaryl/α,β-unsaturated/α-hetero) is 1. The van der Waals surface area contributed by atoms with Gasteiger partial charge in [-0.15, -0.1) is 0 Å². The zero-order valence-corrected chi connectivity index (χ0v) is 14.1. The van der Waals surface area contributed by atoms with Crippen LogP contribution in [0.2, 0.25) is 0 Å². The zero-order valence-electron chi connectivity index (χ0n) is 14.1. The van der Waals surface area contributed by atoms with Crippen molar-refractivity contribution in [3.63, 3.8) is 0 Å². The van der Waals surface area contributed by atoms with E-state index in [1.165, 1.54) is 0 Å². The standard InChI is InChI=1S/C18H24N2O4/c1-2-16(21)15-7-3-4-8-20(15)18(23)13-10-17(22)19(11-13)12-14-6-5-9-24-14/h5-6,9,13,15H,2-4,7-8,10-12H2,1H3. The lowest BCUT2D eigenvalue weighted by Crippen LogP contribution is -2.50. The van der Waals surface area contributed by atoms with Gasteiger partial charge in [-0.2, -0.15) is 0 Å². The molecule has 1 aromatic heterocycles. The highest BCUT2D eigenvalue weighted by atomic mass is 16.3. The van der Waals surface area contributed by atoms with Crippen molar-refractivity contribution in [3.05, 3.63) is 24.2 Å². The van der Waals surface area contributed by atoms with Crippen molar-refractivity contribution in [1.82, 2.24) is 9.80 Å². The van der Waals surface area contributed by atoms with E-state index in [-0.39, 0.29) is 36.0 Å². The number of carbonyl (C=O) groups excluding carboxylic acids is 3. The van der Waals surface area contributed by atoms with Gasteiger partial charge in [0.25, 0.3) is 0 Å². The zero-order chi connectivity index (χ0) is 17.1. The smallest absolute Gasteiger partial charge is 0.228 e. The van der Waals surface area contributed by atoms with Crippen LogP contribution < -0.4 is 0 Å². The molecule has 130 valence electrons. The molecule has 2 atom stereocenters. The van der Waals surface area contributed by atoms with E-state index in [0.717, 1.165) is 19.3 Å². The molecule has 2 aliphatic rings. The van der Waals surface area contributed by atoms with Gasteiger partial charge in [-0.25, -0.2) is 0 Å². The second-order valence-corrected chi connectivity index (χ2v) is 6.62. The van der Waals surface area contributed by atoms with Crippen LogP contribution in [0.4, 0.5) is 0 Å². The summed E-state index contributed by atoms with van der Waals surface area (Å²) in [6.45, 7) is 3.26. The monoisotopic (exact) mass is 332 g/mol. The Bertz CT molecular complexity index is 611. The van der Waals surface area contributed by atoms with Crippen LogP contribution in [-0.4, -0.2) is 46.5 Å². The van der Waals surface area contributed by atoms with Crippen molar-refractivity contribution in [2.75, 3.05) is 13.1 Å². The molecule has 0 radical (unpaired) electrons. The normalized spacial score (nSPS) is 24.5. The molecule has 3 rings (SSSR count). The highest BCUT2D eigenvalue weighted by Gasteiger charge is 2.40. The maximum atomic E-state index is 12.9. The van der Waals surface area contributed by atoms with E-state index in [0.29, 0.717) is 31.8 Å². The number of ketones is 1. The van der Waals surface area contributed by atoms with Gasteiger partial charge in [0.2, 0.25) is 11.8 Å². The summed E-state index contributed by atoms with van der Waals surface area (Å²) in [4.78, 5) is 40.7. The molecule has 6 nitrogen and oxygen atoms in total. The van der Waals surface area contributed by atoms with Gasteiger partial charge in [0.1, 0.15) is 5.76 Å². The fourth-order valence-electron chi connectivity index (χ4n) is 3.68. The van der Waals surface area contributed by atoms with Crippen molar-refractivity contribution in [2.24, 2.45) is 5.92 Å². The van der Waals surface area contributed by atoms with Crippen LogP contribution in [0.5, 0.6) is 0 Å². The minimum atomic E-state index is -0.349. The summed E-state index contributed by atoms with van der Waals surface area (Å²) in [5, 5.41) is 0. The van der Waals surface area contributed by atoms with E-state index in [1.807, 2.05) is 13.0 Å². The lowest BCUT2D eigenvalue weighted by molar-refractivity contribution is -0.144. The van der Waals surface area contributed by atoms with Crippen LogP contribution in [0.25, 0.3) is 0 Å². The first-order chi connectivity index (χ1) is 11.6. The van der Waals surface area contributed by atoms with Gasteiger partial charge in [-0.1, -0.05) is 6.92 Å². The molecule has 2 saturated heterocycles. The summed E-state index contributed by atoms with van der Waals surface area (Å²) in [6, 6.07) is 3.31. The van der Waals surface area contributed by atoms with Crippen LogP contribution in [0, 0.1) is 5.92 Å². The van der Waals surface area contributed by atoms with Crippen LogP contribution in [0.3, 0.4) is 0 Å². The minimum Gasteiger partial charge on any atom is -0.467 e. The highest BCUT2D eigenvalue weighted by Crippen LogP contribution is 2.26. The van der Waals surface area contributed by atoms with Crippen LogP contribution in [0.15, 0.2) is 22.8 Å². The fourth-order valence-corrected chi connectivity index (χ4v) is 3.68. The van der Waals surface area contributed by atoms with Crippen LogP contribution >= 0.6 is 0 Å². The summed E-state index contributed by atoms with van der Waals surface area (Å²) in [5.74, 6) is 0.419. The van der Waals surface area contributed by atoms with E-state index >= 15 is 0 Å². The molecule has 2 aliphatic heterocycles. The number of amides is 2. The molecule has 2 amide bonds. The molecule has 1 aromatic rings. The summed E-state index contributed by atoms with van der Waals surface area (Å²) >= 11 is 0. The number of likely N-dealkylation sites (tertiary alicyclic amines) is 2. The van der Waals surface area contributed by atoms with Gasteiger partial charge in [0, 0.05) is 25.9 Å². The largest absolute Gasteiger partial charge is 0.467 e. The SMILES string of the molecule is CCC(=O)C1CCCCN1C(=O)C1CC(=O)N(Cc2ccco2)C1. The molecular weight excluding hydrogens is 308 g/mol. The number of rotatable bonds is 5. The number of nitrogens with zero attached hydrogens (tertiary/aromatic N) is 2. The van der Waals surface area contributed by atoms with E-state index in [1.54, 1.807) is 22.1 Å². The van der Waals surface area contributed by atoms with Crippen molar-refractivity contribution >= 4 is 17.6 Å². The number of hydrogen-bond donors (Lipinski definition) is 0. The molecule has 0 aliphatic carbocycles. The van der Waals surface area contributed by atoms with E-state index in [2.05, 4.69) is 0 Å². The molecule has 24 heavy (non-hydrogen) atoms. The first-order valence-electron chi connectivity index (χ1n) is 8.73. The molecule has 0 saturated carbocycles. The van der Waals surface area contributed by atoms with Gasteiger partial charge in [-0.3, -0.25) is 14.4 Å². The lowest BCUT2D eigenvalue weighted by Gasteiger charge is -2.36. The van der Waals surface area contributed by atoms with Gasteiger partial charge >= 0.3 is 0 Å². The first kappa shape index (κ1) is 16.7. The molecule has 3 heterocycles. The van der Waals surface area contributed by atoms with Gasteiger partial charge < -0.3 is 14.2 Å². The molecular formula is C18H24N2O4. The molecule has 2 unspecified atom stereocenters. The summed E-state index contributed by atoms with van der Waals surface area (Å²) in [5.41, 5.74) is 0. The number of piperidine rings is 1. The van der Waals surface area contributed by atoms with E-state index in [4.69, 9.17) is 4.42 Å². The molecule has 0 spiro atoms. The molecule has 6 heteroatoms. The minimum absolute atomic E-state index is 0.0277.